The number of hydrogen-bond acceptors (Lipinski definition) is 4. The van der Waals surface area contributed by atoms with Crippen molar-refractivity contribution >= 4 is 17.8 Å². The highest BCUT2D eigenvalue weighted by atomic mass is 16.6. The van der Waals surface area contributed by atoms with Gasteiger partial charge in [-0.1, -0.05) is 6.08 Å². The van der Waals surface area contributed by atoms with E-state index in [2.05, 4.69) is 11.3 Å². The molecule has 1 aliphatic heterocycles. The fourth-order valence-electron chi connectivity index (χ4n) is 1.59. The highest BCUT2D eigenvalue weighted by molar-refractivity contribution is 5.84. The summed E-state index contributed by atoms with van der Waals surface area (Å²) in [6, 6.07) is -0.847. The predicted molar refractivity (Wildman–Crippen MR) is 58.3 cm³/mol. The number of ether oxygens (including phenoxy) is 1. The summed E-state index contributed by atoms with van der Waals surface area (Å²) < 4.78 is 4.63. The summed E-state index contributed by atoms with van der Waals surface area (Å²) in [5.74, 6) is -0.584. The number of rotatable bonds is 6. The lowest BCUT2D eigenvalue weighted by molar-refractivity contribution is -0.139. The molecule has 0 aromatic carbocycles. The average Bonchev–Trinajstić information content (AvgIpc) is 2.65. The van der Waals surface area contributed by atoms with Gasteiger partial charge in [-0.05, 0) is 12.8 Å². The summed E-state index contributed by atoms with van der Waals surface area (Å²) in [6.45, 7) is 3.25. The molecule has 0 radical (unpaired) electrons. The zero-order valence-corrected chi connectivity index (χ0v) is 9.42. The Hall–Kier alpha value is -1.85. The molecule has 6 heteroatoms. The van der Waals surface area contributed by atoms with Crippen LogP contribution in [-0.2, 0) is 14.3 Å². The van der Waals surface area contributed by atoms with E-state index in [-0.39, 0.29) is 25.4 Å². The van der Waals surface area contributed by atoms with Crippen LogP contribution in [0.2, 0.25) is 0 Å². The number of Topliss-reactive ketones (excluding diaryl/α,β-unsaturated/α-hetero) is 1. The van der Waals surface area contributed by atoms with Crippen LogP contribution in [-0.4, -0.2) is 40.6 Å². The molecule has 0 spiro atoms. The van der Waals surface area contributed by atoms with Gasteiger partial charge in [-0.25, -0.2) is 9.59 Å². The quantitative estimate of drug-likeness (QED) is 0.557. The first-order valence-corrected chi connectivity index (χ1v) is 5.35. The predicted octanol–water partition coefficient (Wildman–Crippen LogP) is 1.16. The Morgan fingerprint density at radius 3 is 2.82 bits per heavy atom. The molecule has 1 saturated heterocycles. The van der Waals surface area contributed by atoms with E-state index in [1.165, 1.54) is 0 Å². The van der Waals surface area contributed by atoms with Crippen molar-refractivity contribution in [2.75, 3.05) is 6.73 Å². The van der Waals surface area contributed by atoms with Gasteiger partial charge >= 0.3 is 12.1 Å². The Bertz CT molecular complexity index is 339. The third kappa shape index (κ3) is 3.58. The van der Waals surface area contributed by atoms with Crippen LogP contribution in [0.5, 0.6) is 0 Å². The Morgan fingerprint density at radius 1 is 1.53 bits per heavy atom. The van der Waals surface area contributed by atoms with Crippen LogP contribution in [0, 0.1) is 0 Å². The van der Waals surface area contributed by atoms with Crippen LogP contribution in [0.4, 0.5) is 4.79 Å². The molecule has 1 N–H and O–H groups in total. The van der Waals surface area contributed by atoms with E-state index in [4.69, 9.17) is 5.11 Å². The van der Waals surface area contributed by atoms with Crippen molar-refractivity contribution in [1.29, 1.82) is 0 Å². The Labute approximate surface area is 98.8 Å². The Kier molecular flexibility index (Phi) is 4.68. The molecule has 1 rings (SSSR count). The lowest BCUT2D eigenvalue weighted by atomic mass is 10.1. The molecule has 0 bridgehead atoms. The minimum atomic E-state index is -1.21. The molecule has 0 saturated carbocycles. The molecular weight excluding hydrogens is 226 g/mol. The van der Waals surface area contributed by atoms with Gasteiger partial charge in [0, 0.05) is 12.8 Å². The van der Waals surface area contributed by atoms with E-state index in [9.17, 15) is 14.4 Å². The molecule has 17 heavy (non-hydrogen) atoms. The van der Waals surface area contributed by atoms with Crippen molar-refractivity contribution in [1.82, 2.24) is 4.90 Å². The Balaban J connectivity index is 2.43. The lowest BCUT2D eigenvalue weighted by Gasteiger charge is -2.15. The lowest BCUT2D eigenvalue weighted by Crippen LogP contribution is -2.37. The molecule has 6 nitrogen and oxygen atoms in total. The summed E-state index contributed by atoms with van der Waals surface area (Å²) in [7, 11) is 0. The van der Waals surface area contributed by atoms with E-state index in [0.717, 1.165) is 4.90 Å². The van der Waals surface area contributed by atoms with Crippen molar-refractivity contribution in [2.45, 2.75) is 31.7 Å². The van der Waals surface area contributed by atoms with Gasteiger partial charge in [0.2, 0.25) is 0 Å². The van der Waals surface area contributed by atoms with Crippen LogP contribution in [0.1, 0.15) is 25.7 Å². The zero-order chi connectivity index (χ0) is 12.8. The summed E-state index contributed by atoms with van der Waals surface area (Å²) >= 11 is 0. The maximum Gasteiger partial charge on any atom is 0.410 e. The van der Waals surface area contributed by atoms with E-state index in [1.54, 1.807) is 6.08 Å². The fraction of sp³-hybridized carbons (Fsp3) is 0.545. The molecule has 1 fully saturated rings. The number of hydrogen-bond donors (Lipinski definition) is 1. The third-order valence-electron chi connectivity index (χ3n) is 2.56. The van der Waals surface area contributed by atoms with Gasteiger partial charge in [-0.3, -0.25) is 9.69 Å². The van der Waals surface area contributed by atoms with Crippen molar-refractivity contribution in [2.24, 2.45) is 0 Å². The number of ketones is 1. The normalized spacial score (nSPS) is 18.9. The third-order valence-corrected chi connectivity index (χ3v) is 2.56. The summed E-state index contributed by atoms with van der Waals surface area (Å²) in [5.41, 5.74) is 0. The SMILES string of the molecule is C=CCCC(=O)CC[C@H]1C(=O)OCN1C(=O)O. The first-order chi connectivity index (χ1) is 8.06. The second kappa shape index (κ2) is 6.03. The van der Waals surface area contributed by atoms with Crippen molar-refractivity contribution < 1.29 is 24.2 Å². The highest BCUT2D eigenvalue weighted by Gasteiger charge is 2.37. The minimum Gasteiger partial charge on any atom is -0.465 e. The number of nitrogens with zero attached hydrogens (tertiary/aromatic N) is 1. The second-order valence-corrected chi connectivity index (χ2v) is 3.77. The largest absolute Gasteiger partial charge is 0.465 e. The molecule has 1 amide bonds. The summed E-state index contributed by atoms with van der Waals surface area (Å²) in [6.07, 6.45) is 1.76. The minimum absolute atomic E-state index is 0.00469. The molecule has 1 aliphatic rings. The van der Waals surface area contributed by atoms with Crippen molar-refractivity contribution in [3.05, 3.63) is 12.7 Å². The maximum absolute atomic E-state index is 11.4. The fourth-order valence-corrected chi connectivity index (χ4v) is 1.59. The molecule has 0 unspecified atom stereocenters. The molecule has 0 aromatic rings. The van der Waals surface area contributed by atoms with Crippen LogP contribution >= 0.6 is 0 Å². The van der Waals surface area contributed by atoms with Crippen molar-refractivity contribution in [3.8, 4) is 0 Å². The summed E-state index contributed by atoms with van der Waals surface area (Å²) in [5, 5.41) is 8.80. The van der Waals surface area contributed by atoms with E-state index in [0.29, 0.717) is 12.8 Å². The second-order valence-electron chi connectivity index (χ2n) is 3.77. The monoisotopic (exact) mass is 241 g/mol. The Morgan fingerprint density at radius 2 is 2.24 bits per heavy atom. The molecule has 0 aliphatic carbocycles. The van der Waals surface area contributed by atoms with Crippen molar-refractivity contribution in [3.63, 3.8) is 0 Å². The number of esters is 1. The number of cyclic esters (lactones) is 1. The van der Waals surface area contributed by atoms with E-state index >= 15 is 0 Å². The van der Waals surface area contributed by atoms with Gasteiger partial charge in [0.1, 0.15) is 11.8 Å². The van der Waals surface area contributed by atoms with Gasteiger partial charge in [0.25, 0.3) is 0 Å². The van der Waals surface area contributed by atoms with Crippen LogP contribution in [0.3, 0.4) is 0 Å². The molecule has 1 atom stereocenters. The van der Waals surface area contributed by atoms with Crippen LogP contribution in [0.25, 0.3) is 0 Å². The number of amides is 1. The standard InChI is InChI=1S/C11H15NO5/c1-2-3-4-8(13)5-6-9-10(14)17-7-12(9)11(15)16/h2,9H,1,3-7H2,(H,15,16)/t9-/m0/s1. The molecule has 94 valence electrons. The highest BCUT2D eigenvalue weighted by Crippen LogP contribution is 2.17. The number of carboxylic acid groups (broad SMARTS) is 1. The van der Waals surface area contributed by atoms with E-state index in [1.807, 2.05) is 0 Å². The first-order valence-electron chi connectivity index (χ1n) is 5.35. The van der Waals surface area contributed by atoms with Gasteiger partial charge in [-0.15, -0.1) is 6.58 Å². The van der Waals surface area contributed by atoms with Crippen LogP contribution < -0.4 is 0 Å². The van der Waals surface area contributed by atoms with Crippen LogP contribution in [0.15, 0.2) is 12.7 Å². The molecular formula is C11H15NO5. The number of carbonyl (C=O) groups is 3. The number of allylic oxidation sites excluding steroid dienone is 1. The molecule has 0 aromatic heterocycles. The topological polar surface area (TPSA) is 83.9 Å². The maximum atomic E-state index is 11.4. The first kappa shape index (κ1) is 13.2. The van der Waals surface area contributed by atoms with Gasteiger partial charge in [-0.2, -0.15) is 0 Å². The van der Waals surface area contributed by atoms with Gasteiger partial charge in [0.15, 0.2) is 6.73 Å². The smallest absolute Gasteiger partial charge is 0.410 e. The zero-order valence-electron chi connectivity index (χ0n) is 9.42. The molecule has 1 heterocycles. The number of carbonyl (C=O) groups excluding carboxylic acids is 2. The summed E-state index contributed by atoms with van der Waals surface area (Å²) in [4.78, 5) is 34.3. The van der Waals surface area contributed by atoms with Gasteiger partial charge in [0.05, 0.1) is 0 Å². The van der Waals surface area contributed by atoms with E-state index < -0.39 is 18.1 Å². The average molecular weight is 241 g/mol. The van der Waals surface area contributed by atoms with Gasteiger partial charge < -0.3 is 9.84 Å².